The zero-order valence-corrected chi connectivity index (χ0v) is 14.6. The van der Waals surface area contributed by atoms with E-state index in [1.807, 2.05) is 32.9 Å². The highest BCUT2D eigenvalue weighted by Crippen LogP contribution is 2.22. The first-order chi connectivity index (χ1) is 11.2. The Bertz CT molecular complexity index is 795. The number of benzene rings is 1. The van der Waals surface area contributed by atoms with Crippen molar-refractivity contribution in [1.29, 1.82) is 0 Å². The normalized spacial score (nSPS) is 12.0. The molecule has 1 aromatic carbocycles. The predicted molar refractivity (Wildman–Crippen MR) is 90.8 cm³/mol. The highest BCUT2D eigenvalue weighted by Gasteiger charge is 2.23. The molecule has 1 atom stereocenters. The first-order valence-corrected chi connectivity index (χ1v) is 7.75. The van der Waals surface area contributed by atoms with Crippen LogP contribution < -0.4 is 5.32 Å². The number of aryl methyl sites for hydroxylation is 3. The molecule has 0 aliphatic heterocycles. The Labute approximate surface area is 140 Å². The Morgan fingerprint density at radius 3 is 2.58 bits per heavy atom. The molecule has 0 saturated heterocycles. The molecule has 1 N–H and O–H groups in total. The number of hydrogen-bond donors (Lipinski definition) is 1. The number of carbonyl (C=O) groups is 1. The largest absolute Gasteiger partial charge is 0.348 e. The minimum atomic E-state index is -0.467. The van der Waals surface area contributed by atoms with Crippen LogP contribution in [-0.4, -0.2) is 20.6 Å². The molecule has 0 bridgehead atoms. The van der Waals surface area contributed by atoms with Crippen molar-refractivity contribution >= 4 is 11.6 Å². The Morgan fingerprint density at radius 1 is 1.33 bits per heavy atom. The number of nitrogens with zero attached hydrogens (tertiary/aromatic N) is 3. The van der Waals surface area contributed by atoms with Gasteiger partial charge in [-0.05, 0) is 45.7 Å². The highest BCUT2D eigenvalue weighted by molar-refractivity contribution is 5.76. The van der Waals surface area contributed by atoms with E-state index in [9.17, 15) is 14.9 Å². The van der Waals surface area contributed by atoms with E-state index >= 15 is 0 Å². The van der Waals surface area contributed by atoms with Crippen molar-refractivity contribution in [2.75, 3.05) is 0 Å². The number of nitrogens with one attached hydrogen (secondary N) is 1. The van der Waals surface area contributed by atoms with Crippen LogP contribution in [0.4, 0.5) is 5.69 Å². The summed E-state index contributed by atoms with van der Waals surface area (Å²) < 4.78 is 1.37. The van der Waals surface area contributed by atoms with Crippen LogP contribution in [0.3, 0.4) is 0 Å². The van der Waals surface area contributed by atoms with E-state index in [1.165, 1.54) is 4.68 Å². The third-order valence-corrected chi connectivity index (χ3v) is 4.10. The van der Waals surface area contributed by atoms with Crippen molar-refractivity contribution < 1.29 is 9.72 Å². The molecule has 7 heteroatoms. The lowest BCUT2D eigenvalue weighted by atomic mass is 10.00. The number of amides is 1. The monoisotopic (exact) mass is 330 g/mol. The number of aromatic nitrogens is 2. The van der Waals surface area contributed by atoms with Gasteiger partial charge in [0, 0.05) is 0 Å². The molecule has 7 nitrogen and oxygen atoms in total. The van der Waals surface area contributed by atoms with Crippen molar-refractivity contribution in [1.82, 2.24) is 15.1 Å². The van der Waals surface area contributed by atoms with Crippen molar-refractivity contribution in [3.8, 4) is 0 Å². The summed E-state index contributed by atoms with van der Waals surface area (Å²) >= 11 is 0. The van der Waals surface area contributed by atoms with Gasteiger partial charge in [-0.3, -0.25) is 19.6 Å². The number of carbonyl (C=O) groups excluding carboxylic acids is 1. The summed E-state index contributed by atoms with van der Waals surface area (Å²) in [5.74, 6) is -0.232. The van der Waals surface area contributed by atoms with E-state index < -0.39 is 4.92 Å². The average Bonchev–Trinajstić information content (AvgIpc) is 2.75. The van der Waals surface area contributed by atoms with Crippen LogP contribution in [0.1, 0.15) is 41.0 Å². The van der Waals surface area contributed by atoms with Gasteiger partial charge in [-0.15, -0.1) is 0 Å². The van der Waals surface area contributed by atoms with Gasteiger partial charge in [-0.25, -0.2) is 0 Å². The molecule has 0 spiro atoms. The summed E-state index contributed by atoms with van der Waals surface area (Å²) in [4.78, 5) is 22.9. The third-order valence-electron chi connectivity index (χ3n) is 4.10. The fraction of sp³-hybridized carbons (Fsp3) is 0.412. The molecule has 1 heterocycles. The SMILES string of the molecule is Cc1ccc(C)c(C(C)NC(=O)Cn2nc(C)c([N+](=O)[O-])c2C)c1. The highest BCUT2D eigenvalue weighted by atomic mass is 16.6. The van der Waals surface area contributed by atoms with E-state index in [2.05, 4.69) is 16.5 Å². The molecule has 0 saturated carbocycles. The molecule has 0 fully saturated rings. The standard InChI is InChI=1S/C17H22N4O3/c1-10-6-7-11(2)15(8-10)12(3)18-16(22)9-20-14(5)17(21(23)24)13(4)19-20/h6-8,12H,9H2,1-5H3,(H,18,22). The fourth-order valence-electron chi connectivity index (χ4n) is 2.83. The molecule has 2 aromatic rings. The van der Waals surface area contributed by atoms with Gasteiger partial charge in [0.25, 0.3) is 0 Å². The van der Waals surface area contributed by atoms with Gasteiger partial charge in [0.2, 0.25) is 5.91 Å². The lowest BCUT2D eigenvalue weighted by Gasteiger charge is -2.17. The molecule has 0 aliphatic rings. The summed E-state index contributed by atoms with van der Waals surface area (Å²) in [6.07, 6.45) is 0. The Balaban J connectivity index is 2.12. The summed E-state index contributed by atoms with van der Waals surface area (Å²) in [7, 11) is 0. The molecule has 128 valence electrons. The van der Waals surface area contributed by atoms with Gasteiger partial charge >= 0.3 is 5.69 Å². The van der Waals surface area contributed by atoms with Crippen LogP contribution in [0.25, 0.3) is 0 Å². The number of rotatable bonds is 5. The van der Waals surface area contributed by atoms with Crippen LogP contribution in [0.2, 0.25) is 0 Å². The van der Waals surface area contributed by atoms with E-state index in [0.29, 0.717) is 11.4 Å². The second kappa shape index (κ2) is 6.82. The van der Waals surface area contributed by atoms with Crippen LogP contribution in [0, 0.1) is 37.8 Å². The van der Waals surface area contributed by atoms with Gasteiger partial charge in [-0.1, -0.05) is 23.8 Å². The van der Waals surface area contributed by atoms with E-state index in [1.54, 1.807) is 13.8 Å². The lowest BCUT2D eigenvalue weighted by molar-refractivity contribution is -0.386. The smallest absolute Gasteiger partial charge is 0.312 e. The van der Waals surface area contributed by atoms with E-state index in [0.717, 1.165) is 16.7 Å². The van der Waals surface area contributed by atoms with Crippen molar-refractivity contribution in [2.24, 2.45) is 0 Å². The predicted octanol–water partition coefficient (Wildman–Crippen LogP) is 2.90. The van der Waals surface area contributed by atoms with Gasteiger partial charge < -0.3 is 5.32 Å². The van der Waals surface area contributed by atoms with E-state index in [-0.39, 0.29) is 24.2 Å². The fourth-order valence-corrected chi connectivity index (χ4v) is 2.83. The maximum absolute atomic E-state index is 12.3. The summed E-state index contributed by atoms with van der Waals surface area (Å²) in [5.41, 5.74) is 3.95. The van der Waals surface area contributed by atoms with Gasteiger partial charge in [0.15, 0.2) is 0 Å². The first-order valence-electron chi connectivity index (χ1n) is 7.75. The van der Waals surface area contributed by atoms with Crippen LogP contribution in [0.5, 0.6) is 0 Å². The zero-order chi connectivity index (χ0) is 18.0. The quantitative estimate of drug-likeness (QED) is 0.674. The van der Waals surface area contributed by atoms with E-state index in [4.69, 9.17) is 0 Å². The van der Waals surface area contributed by atoms with Crippen LogP contribution >= 0.6 is 0 Å². The Morgan fingerprint density at radius 2 is 2.00 bits per heavy atom. The van der Waals surface area contributed by atoms with Crippen LogP contribution in [-0.2, 0) is 11.3 Å². The van der Waals surface area contributed by atoms with Gasteiger partial charge in [0.05, 0.1) is 11.0 Å². The molecule has 24 heavy (non-hydrogen) atoms. The van der Waals surface area contributed by atoms with Crippen LogP contribution in [0.15, 0.2) is 18.2 Å². The molecule has 1 aromatic heterocycles. The summed E-state index contributed by atoms with van der Waals surface area (Å²) in [5, 5.41) is 18.1. The molecular weight excluding hydrogens is 308 g/mol. The average molecular weight is 330 g/mol. The minimum Gasteiger partial charge on any atom is -0.348 e. The number of hydrogen-bond acceptors (Lipinski definition) is 4. The Kier molecular flexibility index (Phi) is 5.02. The van der Waals surface area contributed by atoms with Crippen molar-refractivity contribution in [3.63, 3.8) is 0 Å². The minimum absolute atomic E-state index is 0.0367. The van der Waals surface area contributed by atoms with Crippen molar-refractivity contribution in [3.05, 3.63) is 56.4 Å². The second-order valence-electron chi connectivity index (χ2n) is 6.08. The summed E-state index contributed by atoms with van der Waals surface area (Å²) in [6.45, 7) is 9.05. The first kappa shape index (κ1) is 17.7. The maximum atomic E-state index is 12.3. The zero-order valence-electron chi connectivity index (χ0n) is 14.6. The molecule has 0 aliphatic carbocycles. The van der Waals surface area contributed by atoms with Gasteiger partial charge in [-0.2, -0.15) is 5.10 Å². The molecule has 1 amide bonds. The molecule has 0 radical (unpaired) electrons. The van der Waals surface area contributed by atoms with Gasteiger partial charge in [0.1, 0.15) is 17.9 Å². The topological polar surface area (TPSA) is 90.1 Å². The second-order valence-corrected chi connectivity index (χ2v) is 6.08. The third kappa shape index (κ3) is 3.61. The Hall–Kier alpha value is -2.70. The number of nitro groups is 1. The maximum Gasteiger partial charge on any atom is 0.312 e. The molecule has 2 rings (SSSR count). The molecular formula is C17H22N4O3. The van der Waals surface area contributed by atoms with Crippen molar-refractivity contribution in [2.45, 2.75) is 47.2 Å². The lowest BCUT2D eigenvalue weighted by Crippen LogP contribution is -2.31. The summed E-state index contributed by atoms with van der Waals surface area (Å²) in [6, 6.07) is 5.96. The molecule has 1 unspecified atom stereocenters.